The van der Waals surface area contributed by atoms with Crippen LogP contribution in [0.1, 0.15) is 68.8 Å². The molecule has 1 aromatic heterocycles. The summed E-state index contributed by atoms with van der Waals surface area (Å²) in [5.41, 5.74) is 15.4. The molecule has 9 nitrogen and oxygen atoms in total. The zero-order chi connectivity index (χ0) is 41.2. The maximum Gasteiger partial charge on any atom is 0.319 e. The molecule has 11 heteroatoms. The van der Waals surface area contributed by atoms with Crippen LogP contribution in [0.15, 0.2) is 115 Å². The summed E-state index contributed by atoms with van der Waals surface area (Å²) in [7, 11) is 0. The van der Waals surface area contributed by atoms with E-state index in [-0.39, 0.29) is 18.2 Å². The number of nitrogens with one attached hydrogen (secondary N) is 2. The molecule has 2 N–H and O–H groups in total. The molecule has 9 rings (SSSR count). The Balaban J connectivity index is 0.867. The van der Waals surface area contributed by atoms with E-state index in [2.05, 4.69) is 71.2 Å². The monoisotopic (exact) mass is 840 g/mol. The summed E-state index contributed by atoms with van der Waals surface area (Å²) in [6, 6.07) is 36.2. The summed E-state index contributed by atoms with van der Waals surface area (Å²) in [6.07, 6.45) is 4.20. The molecule has 0 saturated heterocycles. The lowest BCUT2D eigenvalue weighted by Crippen LogP contribution is -2.55. The third-order valence-corrected chi connectivity index (χ3v) is 12.6. The Morgan fingerprint density at radius 2 is 1.67 bits per heavy atom. The van der Waals surface area contributed by atoms with Crippen molar-refractivity contribution >= 4 is 29.2 Å². The van der Waals surface area contributed by atoms with Gasteiger partial charge >= 0.3 is 6.03 Å². The number of rotatable bonds is 11. The summed E-state index contributed by atoms with van der Waals surface area (Å²) in [4.78, 5) is 26.5. The second-order valence-electron chi connectivity index (χ2n) is 15.7. The van der Waals surface area contributed by atoms with Gasteiger partial charge in [-0.15, -0.1) is 0 Å². The number of hydroxylamine groups is 1. The Kier molecular flexibility index (Phi) is 11.7. The van der Waals surface area contributed by atoms with E-state index in [0.29, 0.717) is 60.8 Å². The highest BCUT2D eigenvalue weighted by Crippen LogP contribution is 2.41. The fourth-order valence-corrected chi connectivity index (χ4v) is 8.60. The van der Waals surface area contributed by atoms with Gasteiger partial charge in [-0.05, 0) is 131 Å². The fourth-order valence-electron chi connectivity index (χ4n) is 8.28. The summed E-state index contributed by atoms with van der Waals surface area (Å²) in [5.74, 6) is 2.06. The number of aromatic nitrogens is 1. The van der Waals surface area contributed by atoms with Gasteiger partial charge in [0.05, 0.1) is 22.7 Å². The molecular weight excluding hydrogens is 795 g/mol. The second-order valence-corrected chi connectivity index (χ2v) is 16.5. The molecule has 0 bridgehead atoms. The van der Waals surface area contributed by atoms with Crippen LogP contribution in [0, 0.1) is 13.8 Å². The Labute approximate surface area is 360 Å². The molecule has 6 aromatic rings. The number of benzene rings is 5. The maximum atomic E-state index is 14.2. The minimum atomic E-state index is -0.401. The first-order valence-corrected chi connectivity index (χ1v) is 21.2. The maximum absolute atomic E-state index is 14.2. The van der Waals surface area contributed by atoms with E-state index in [1.165, 1.54) is 27.8 Å². The molecule has 2 amide bonds. The van der Waals surface area contributed by atoms with Crippen molar-refractivity contribution in [2.45, 2.75) is 71.0 Å². The van der Waals surface area contributed by atoms with Gasteiger partial charge in [0, 0.05) is 24.9 Å². The first-order valence-electron chi connectivity index (χ1n) is 20.4. The van der Waals surface area contributed by atoms with Crippen molar-refractivity contribution in [3.05, 3.63) is 176 Å². The highest BCUT2D eigenvalue weighted by Gasteiger charge is 2.35. The molecule has 0 spiro atoms. The number of amides is 2. The molecule has 0 fully saturated rings. The van der Waals surface area contributed by atoms with E-state index in [9.17, 15) is 4.79 Å². The Bertz CT molecular complexity index is 2510. The largest absolute Gasteiger partial charge is 0.489 e. The third kappa shape index (κ3) is 8.67. The van der Waals surface area contributed by atoms with Crippen LogP contribution in [-0.2, 0) is 37.3 Å². The van der Waals surface area contributed by atoms with Crippen LogP contribution in [0.5, 0.6) is 17.2 Å². The molecule has 3 atom stereocenters. The molecule has 306 valence electrons. The minimum absolute atomic E-state index is 0.0479. The average Bonchev–Trinajstić information content (AvgIpc) is 3.68. The van der Waals surface area contributed by atoms with E-state index in [4.69, 9.17) is 42.3 Å². The van der Waals surface area contributed by atoms with Gasteiger partial charge < -0.3 is 24.4 Å². The van der Waals surface area contributed by atoms with Crippen LogP contribution in [0.2, 0.25) is 10.0 Å². The lowest BCUT2D eigenvalue weighted by Gasteiger charge is -2.38. The van der Waals surface area contributed by atoms with E-state index in [0.717, 1.165) is 52.1 Å². The van der Waals surface area contributed by atoms with Crippen LogP contribution in [0.25, 0.3) is 11.1 Å². The van der Waals surface area contributed by atoms with Gasteiger partial charge in [-0.25, -0.2) is 4.79 Å². The first kappa shape index (κ1) is 39.9. The quantitative estimate of drug-likeness (QED) is 0.0991. The predicted octanol–water partition coefficient (Wildman–Crippen LogP) is 10.6. The highest BCUT2D eigenvalue weighted by atomic mass is 35.5. The number of ether oxygens (including phenoxy) is 3. The topological polar surface area (TPSA) is 94.2 Å². The smallest absolute Gasteiger partial charge is 0.319 e. The molecule has 2 aliphatic heterocycles. The zero-order valence-corrected chi connectivity index (χ0v) is 35.1. The summed E-state index contributed by atoms with van der Waals surface area (Å²) in [6.45, 7) is 5.68. The minimum Gasteiger partial charge on any atom is -0.489 e. The number of hydrogen-bond acceptors (Lipinski definition) is 7. The van der Waals surface area contributed by atoms with Gasteiger partial charge in [0.1, 0.15) is 25.1 Å². The fraction of sp³-hybridized carbons (Fsp3) is 0.265. The number of carbonyl (C=O) groups is 1. The van der Waals surface area contributed by atoms with E-state index < -0.39 is 6.17 Å². The van der Waals surface area contributed by atoms with Crippen molar-refractivity contribution in [1.82, 2.24) is 20.7 Å². The normalized spacial score (nSPS) is 17.8. The number of nitrogens with zero attached hydrogens (tertiary/aromatic N) is 2. The van der Waals surface area contributed by atoms with Gasteiger partial charge in [0.25, 0.3) is 0 Å². The number of urea groups is 1. The predicted molar refractivity (Wildman–Crippen MR) is 234 cm³/mol. The number of fused-ring (bicyclic) bond motifs is 3. The van der Waals surface area contributed by atoms with Crippen molar-refractivity contribution in [3.8, 4) is 28.4 Å². The second kappa shape index (κ2) is 17.6. The van der Waals surface area contributed by atoms with Crippen molar-refractivity contribution in [2.75, 3.05) is 13.2 Å². The van der Waals surface area contributed by atoms with Gasteiger partial charge in [-0.3, -0.25) is 9.82 Å². The molecule has 3 aliphatic rings. The molecule has 0 radical (unpaired) electrons. The van der Waals surface area contributed by atoms with E-state index >= 15 is 0 Å². The number of carbonyl (C=O) groups excluding carboxylic acids is 1. The SMILES string of the molecule is Cc1nccc(-c2ccc(CCONC3Cc4cc5c(cc4CN3C(=O)NC3CCc4ccccc43)OC(c3ccc(OCc4ccc(Cl)c(Cl)c4)cc3)CO5)cc2)c1C. The Hall–Kier alpha value is -5.58. The number of aryl methyl sites for hydroxylation is 2. The van der Waals surface area contributed by atoms with Crippen molar-refractivity contribution in [3.63, 3.8) is 0 Å². The van der Waals surface area contributed by atoms with Gasteiger partial charge in [0.15, 0.2) is 17.6 Å². The van der Waals surface area contributed by atoms with Crippen LogP contribution in [-0.4, -0.2) is 35.3 Å². The third-order valence-electron chi connectivity index (χ3n) is 11.8. The number of hydrogen-bond donors (Lipinski definition) is 2. The van der Waals surface area contributed by atoms with Gasteiger partial charge in [-0.2, -0.15) is 5.48 Å². The molecule has 5 aromatic carbocycles. The molecular formula is C49H46Cl2N4O5. The van der Waals surface area contributed by atoms with Crippen LogP contribution < -0.4 is 25.0 Å². The molecule has 0 saturated carbocycles. The van der Waals surface area contributed by atoms with Gasteiger partial charge in [-0.1, -0.05) is 89.9 Å². The summed E-state index contributed by atoms with van der Waals surface area (Å²) >= 11 is 12.2. The average molecular weight is 842 g/mol. The highest BCUT2D eigenvalue weighted by molar-refractivity contribution is 6.42. The lowest BCUT2D eigenvalue weighted by atomic mass is 9.96. The lowest BCUT2D eigenvalue weighted by molar-refractivity contribution is -0.0264. The van der Waals surface area contributed by atoms with Crippen LogP contribution in [0.3, 0.4) is 0 Å². The number of pyridine rings is 1. The van der Waals surface area contributed by atoms with Crippen molar-refractivity contribution < 1.29 is 23.8 Å². The number of halogens is 2. The molecule has 1 aliphatic carbocycles. The van der Waals surface area contributed by atoms with E-state index in [1.54, 1.807) is 12.1 Å². The van der Waals surface area contributed by atoms with Crippen LogP contribution >= 0.6 is 23.2 Å². The Morgan fingerprint density at radius 3 is 2.50 bits per heavy atom. The molecule has 3 unspecified atom stereocenters. The first-order chi connectivity index (χ1) is 29.3. The Morgan fingerprint density at radius 1 is 0.867 bits per heavy atom. The molecule has 60 heavy (non-hydrogen) atoms. The van der Waals surface area contributed by atoms with Gasteiger partial charge in [0.2, 0.25) is 0 Å². The molecule has 3 heterocycles. The summed E-state index contributed by atoms with van der Waals surface area (Å²) in [5, 5.41) is 4.35. The van der Waals surface area contributed by atoms with Crippen molar-refractivity contribution in [1.29, 1.82) is 0 Å². The standard InChI is InChI=1S/C49H46Cl2N4O5/c1-30-31(2)52-21-19-40(30)35-10-7-32(8-11-35)20-22-59-54-48-26-37-24-45-46(25-38(37)27-55(48)49(56)53-44-18-14-34-5-3-4-6-41(34)44)60-47(29-58-45)36-12-15-39(16-13-36)57-28-33-9-17-42(50)43(51)23-33/h3-13,15-17,19,21,23-25,44,47-48,54H,14,18,20,22,26-29H2,1-2H3,(H,53,56). The van der Waals surface area contributed by atoms with Crippen molar-refractivity contribution in [2.24, 2.45) is 0 Å². The zero-order valence-electron chi connectivity index (χ0n) is 33.6. The van der Waals surface area contributed by atoms with E-state index in [1.807, 2.05) is 66.6 Å². The summed E-state index contributed by atoms with van der Waals surface area (Å²) < 4.78 is 18.9. The van der Waals surface area contributed by atoms with Crippen LogP contribution in [0.4, 0.5) is 4.79 Å².